The molecule has 0 fully saturated rings. The molecule has 1 unspecified atom stereocenters. The second-order valence-electron chi connectivity index (χ2n) is 5.08. The highest BCUT2D eigenvalue weighted by Gasteiger charge is 2.16. The van der Waals surface area contributed by atoms with Crippen molar-refractivity contribution in [3.05, 3.63) is 29.8 Å². The standard InChI is InChI=1S/C13H19NO4/c1-13(2,3)14-12(17)18-8-11(16)9-4-6-10(15)7-5-9/h4-7,11,15-16H,8H2,1-3H3,(H,14,17). The van der Waals surface area contributed by atoms with E-state index in [2.05, 4.69) is 5.32 Å². The van der Waals surface area contributed by atoms with Crippen LogP contribution in [-0.4, -0.2) is 28.5 Å². The van der Waals surface area contributed by atoms with Crippen LogP contribution in [0.1, 0.15) is 32.4 Å². The van der Waals surface area contributed by atoms with Crippen molar-refractivity contribution in [1.29, 1.82) is 0 Å². The molecule has 0 aliphatic rings. The number of hydrogen-bond acceptors (Lipinski definition) is 4. The minimum absolute atomic E-state index is 0.123. The Morgan fingerprint density at radius 3 is 2.39 bits per heavy atom. The number of aliphatic hydroxyl groups excluding tert-OH is 1. The van der Waals surface area contributed by atoms with E-state index in [4.69, 9.17) is 9.84 Å². The third kappa shape index (κ3) is 5.05. The van der Waals surface area contributed by atoms with E-state index in [1.165, 1.54) is 12.1 Å². The minimum Gasteiger partial charge on any atom is -0.508 e. The van der Waals surface area contributed by atoms with E-state index in [0.717, 1.165) is 0 Å². The molecule has 0 aliphatic heterocycles. The molecule has 0 heterocycles. The minimum atomic E-state index is -0.906. The molecule has 1 aromatic carbocycles. The number of amides is 1. The zero-order valence-electron chi connectivity index (χ0n) is 10.8. The summed E-state index contributed by atoms with van der Waals surface area (Å²) in [7, 11) is 0. The molecule has 0 spiro atoms. The van der Waals surface area contributed by atoms with E-state index in [1.54, 1.807) is 12.1 Å². The Morgan fingerprint density at radius 2 is 1.89 bits per heavy atom. The Balaban J connectivity index is 2.44. The zero-order valence-corrected chi connectivity index (χ0v) is 10.8. The summed E-state index contributed by atoms with van der Waals surface area (Å²) < 4.78 is 4.90. The Kier molecular flexibility index (Phi) is 4.55. The fourth-order valence-electron chi connectivity index (χ4n) is 1.29. The number of carbonyl (C=O) groups is 1. The van der Waals surface area contributed by atoms with E-state index in [9.17, 15) is 9.90 Å². The lowest BCUT2D eigenvalue weighted by Crippen LogP contribution is -2.41. The molecule has 5 nitrogen and oxygen atoms in total. The van der Waals surface area contributed by atoms with Gasteiger partial charge in [0.2, 0.25) is 0 Å². The number of alkyl carbamates (subject to hydrolysis) is 1. The number of carbonyl (C=O) groups excluding carboxylic acids is 1. The predicted octanol–water partition coefficient (Wildman–Crippen LogP) is 1.95. The lowest BCUT2D eigenvalue weighted by Gasteiger charge is -2.20. The number of hydrogen-bond donors (Lipinski definition) is 3. The van der Waals surface area contributed by atoms with Crippen LogP contribution in [0.2, 0.25) is 0 Å². The van der Waals surface area contributed by atoms with Crippen LogP contribution < -0.4 is 5.32 Å². The molecule has 0 aromatic heterocycles. The molecule has 1 aromatic rings. The molecule has 1 atom stereocenters. The summed E-state index contributed by atoms with van der Waals surface area (Å²) in [6, 6.07) is 6.08. The summed E-state index contributed by atoms with van der Waals surface area (Å²) in [5, 5.41) is 21.5. The molecule has 0 saturated carbocycles. The van der Waals surface area contributed by atoms with Gasteiger partial charge in [0.1, 0.15) is 18.5 Å². The Bertz CT molecular complexity index is 394. The van der Waals surface area contributed by atoms with Crippen LogP contribution >= 0.6 is 0 Å². The third-order valence-corrected chi connectivity index (χ3v) is 2.13. The van der Waals surface area contributed by atoms with Crippen molar-refractivity contribution in [2.45, 2.75) is 32.4 Å². The molecule has 1 rings (SSSR count). The Labute approximate surface area is 106 Å². The predicted molar refractivity (Wildman–Crippen MR) is 67.3 cm³/mol. The summed E-state index contributed by atoms with van der Waals surface area (Å²) in [6.07, 6.45) is -1.48. The van der Waals surface area contributed by atoms with Crippen LogP contribution in [0.4, 0.5) is 4.79 Å². The maximum Gasteiger partial charge on any atom is 0.407 e. The van der Waals surface area contributed by atoms with Gasteiger partial charge in [-0.05, 0) is 38.5 Å². The van der Waals surface area contributed by atoms with Crippen molar-refractivity contribution in [1.82, 2.24) is 5.32 Å². The second-order valence-corrected chi connectivity index (χ2v) is 5.08. The first-order valence-corrected chi connectivity index (χ1v) is 5.70. The van der Waals surface area contributed by atoms with Gasteiger partial charge in [-0.25, -0.2) is 4.79 Å². The molecule has 5 heteroatoms. The molecule has 100 valence electrons. The third-order valence-electron chi connectivity index (χ3n) is 2.13. The summed E-state index contributed by atoms with van der Waals surface area (Å²) >= 11 is 0. The maximum atomic E-state index is 11.4. The van der Waals surface area contributed by atoms with Crippen LogP contribution in [0.25, 0.3) is 0 Å². The van der Waals surface area contributed by atoms with Gasteiger partial charge in [-0.3, -0.25) is 0 Å². The van der Waals surface area contributed by atoms with Gasteiger partial charge >= 0.3 is 6.09 Å². The van der Waals surface area contributed by atoms with Gasteiger partial charge < -0.3 is 20.3 Å². The first-order chi connectivity index (χ1) is 8.28. The summed E-state index contributed by atoms with van der Waals surface area (Å²) in [6.45, 7) is 5.38. The fraction of sp³-hybridized carbons (Fsp3) is 0.462. The maximum absolute atomic E-state index is 11.4. The second kappa shape index (κ2) is 5.73. The molecular weight excluding hydrogens is 234 g/mol. The molecule has 18 heavy (non-hydrogen) atoms. The summed E-state index contributed by atoms with van der Waals surface area (Å²) in [5.74, 6) is 0.123. The van der Waals surface area contributed by atoms with Crippen molar-refractivity contribution in [2.24, 2.45) is 0 Å². The number of phenolic OH excluding ortho intramolecular Hbond substituents is 1. The fourth-order valence-corrected chi connectivity index (χ4v) is 1.29. The molecule has 0 radical (unpaired) electrons. The van der Waals surface area contributed by atoms with E-state index in [-0.39, 0.29) is 17.9 Å². The number of aromatic hydroxyl groups is 1. The summed E-state index contributed by atoms with van der Waals surface area (Å²) in [4.78, 5) is 11.4. The summed E-state index contributed by atoms with van der Waals surface area (Å²) in [5.41, 5.74) is 0.206. The van der Waals surface area contributed by atoms with Crippen LogP contribution in [0.15, 0.2) is 24.3 Å². The van der Waals surface area contributed by atoms with Gasteiger partial charge in [-0.15, -0.1) is 0 Å². The average molecular weight is 253 g/mol. The van der Waals surface area contributed by atoms with Crippen LogP contribution in [0.3, 0.4) is 0 Å². The van der Waals surface area contributed by atoms with Gasteiger partial charge in [-0.2, -0.15) is 0 Å². The molecule has 0 bridgehead atoms. The first kappa shape index (κ1) is 14.3. The average Bonchev–Trinajstić information content (AvgIpc) is 2.24. The van der Waals surface area contributed by atoms with E-state index >= 15 is 0 Å². The lowest BCUT2D eigenvalue weighted by molar-refractivity contribution is 0.0647. The lowest BCUT2D eigenvalue weighted by atomic mass is 10.1. The number of ether oxygens (including phenoxy) is 1. The number of aliphatic hydroxyl groups is 1. The van der Waals surface area contributed by atoms with Gasteiger partial charge in [0.15, 0.2) is 0 Å². The van der Waals surface area contributed by atoms with Crippen LogP contribution in [0.5, 0.6) is 5.75 Å². The van der Waals surface area contributed by atoms with Gasteiger partial charge in [0.05, 0.1) is 0 Å². The quantitative estimate of drug-likeness (QED) is 0.769. The largest absolute Gasteiger partial charge is 0.508 e. The van der Waals surface area contributed by atoms with Crippen molar-refractivity contribution in [3.63, 3.8) is 0 Å². The molecule has 0 aliphatic carbocycles. The molecular formula is C13H19NO4. The number of nitrogens with one attached hydrogen (secondary N) is 1. The first-order valence-electron chi connectivity index (χ1n) is 5.70. The van der Waals surface area contributed by atoms with E-state index < -0.39 is 12.2 Å². The number of benzene rings is 1. The Hall–Kier alpha value is -1.75. The Morgan fingerprint density at radius 1 is 1.33 bits per heavy atom. The molecule has 1 amide bonds. The monoisotopic (exact) mass is 253 g/mol. The van der Waals surface area contributed by atoms with E-state index in [1.807, 2.05) is 20.8 Å². The SMILES string of the molecule is CC(C)(C)NC(=O)OCC(O)c1ccc(O)cc1. The van der Waals surface area contributed by atoms with Crippen molar-refractivity contribution < 1.29 is 19.7 Å². The zero-order chi connectivity index (χ0) is 13.8. The topological polar surface area (TPSA) is 78.8 Å². The highest BCUT2D eigenvalue weighted by atomic mass is 16.6. The highest BCUT2D eigenvalue weighted by molar-refractivity contribution is 5.68. The van der Waals surface area contributed by atoms with Gasteiger partial charge in [0, 0.05) is 5.54 Å². The van der Waals surface area contributed by atoms with E-state index in [0.29, 0.717) is 5.56 Å². The number of phenols is 1. The normalized spacial score (nSPS) is 12.9. The van der Waals surface area contributed by atoms with Crippen LogP contribution in [-0.2, 0) is 4.74 Å². The van der Waals surface area contributed by atoms with Crippen molar-refractivity contribution in [3.8, 4) is 5.75 Å². The number of rotatable bonds is 3. The molecule has 3 N–H and O–H groups in total. The van der Waals surface area contributed by atoms with Crippen molar-refractivity contribution >= 4 is 6.09 Å². The smallest absolute Gasteiger partial charge is 0.407 e. The van der Waals surface area contributed by atoms with Gasteiger partial charge in [-0.1, -0.05) is 12.1 Å². The highest BCUT2D eigenvalue weighted by Crippen LogP contribution is 2.17. The van der Waals surface area contributed by atoms with Crippen LogP contribution in [0, 0.1) is 0 Å². The molecule has 0 saturated heterocycles. The van der Waals surface area contributed by atoms with Crippen molar-refractivity contribution in [2.75, 3.05) is 6.61 Å². The van der Waals surface area contributed by atoms with Gasteiger partial charge in [0.25, 0.3) is 0 Å².